The third-order valence-corrected chi connectivity index (χ3v) is 19.6. The van der Waals surface area contributed by atoms with Gasteiger partial charge in [-0.1, -0.05) is 416 Å². The normalized spacial score (nSPS) is 12.6. The number of rotatable bonds is 79. The number of aliphatic hydroxyl groups excluding tert-OH is 2. The second-order valence-electron chi connectivity index (χ2n) is 28.8. The van der Waals surface area contributed by atoms with E-state index in [0.717, 1.165) is 51.4 Å². The van der Waals surface area contributed by atoms with Crippen LogP contribution in [0.2, 0.25) is 0 Å². The second kappa shape index (κ2) is 80.5. The molecule has 0 fully saturated rings. The number of amides is 1. The summed E-state index contributed by atoms with van der Waals surface area (Å²) in [6, 6.07) is -0.540. The number of allylic oxidation sites excluding steroid dienone is 6. The number of nitrogens with one attached hydrogen (secondary N) is 1. The van der Waals surface area contributed by atoms with Crippen LogP contribution in [0.5, 0.6) is 0 Å². The molecule has 0 rings (SSSR count). The number of aliphatic hydroxyl groups is 2. The molecule has 91 heavy (non-hydrogen) atoms. The first-order chi connectivity index (χ1) is 45.0. The van der Waals surface area contributed by atoms with Gasteiger partial charge in [-0.05, 0) is 77.0 Å². The van der Waals surface area contributed by atoms with Crippen LogP contribution in [0.15, 0.2) is 36.5 Å². The van der Waals surface area contributed by atoms with Gasteiger partial charge in [-0.2, -0.15) is 0 Å². The molecule has 6 nitrogen and oxygen atoms in total. The quantitative estimate of drug-likeness (QED) is 0.0320. The van der Waals surface area contributed by atoms with Gasteiger partial charge in [0.05, 0.1) is 25.4 Å². The van der Waals surface area contributed by atoms with Crippen LogP contribution in [0.25, 0.3) is 0 Å². The molecule has 0 spiro atoms. The van der Waals surface area contributed by atoms with E-state index in [2.05, 4.69) is 55.6 Å². The lowest BCUT2D eigenvalue weighted by atomic mass is 10.0. The summed E-state index contributed by atoms with van der Waals surface area (Å²) < 4.78 is 5.48. The van der Waals surface area contributed by atoms with E-state index in [-0.39, 0.29) is 18.5 Å². The summed E-state index contributed by atoms with van der Waals surface area (Å²) in [5.74, 6) is -0.0185. The number of unbranched alkanes of at least 4 members (excludes halogenated alkanes) is 62. The van der Waals surface area contributed by atoms with Gasteiger partial charge in [-0.25, -0.2) is 0 Å². The summed E-state index contributed by atoms with van der Waals surface area (Å²) in [4.78, 5) is 24.6. The molecular weight excluding hydrogens is 1110 g/mol. The van der Waals surface area contributed by atoms with Crippen LogP contribution in [-0.4, -0.2) is 47.4 Å². The van der Waals surface area contributed by atoms with E-state index in [1.165, 1.54) is 385 Å². The van der Waals surface area contributed by atoms with Gasteiger partial charge in [-0.15, -0.1) is 0 Å². The Bertz CT molecular complexity index is 1470. The Hall–Kier alpha value is -1.92. The Balaban J connectivity index is 3.34. The van der Waals surface area contributed by atoms with Gasteiger partial charge in [0.15, 0.2) is 0 Å². The first kappa shape index (κ1) is 89.1. The van der Waals surface area contributed by atoms with Crippen LogP contribution < -0.4 is 5.32 Å². The Morgan fingerprint density at radius 3 is 0.890 bits per heavy atom. The van der Waals surface area contributed by atoms with E-state index in [9.17, 15) is 19.8 Å². The number of carbonyl (C=O) groups is 2. The highest BCUT2D eigenvalue weighted by Crippen LogP contribution is 2.20. The van der Waals surface area contributed by atoms with E-state index in [4.69, 9.17) is 4.74 Å². The standard InChI is InChI=1S/C85H163NO5/c1-3-5-7-9-11-13-15-17-18-19-20-21-22-38-41-44-47-50-54-57-61-65-69-73-77-83(88)82(81-87)86-84(89)78-74-70-66-62-58-55-51-48-45-42-39-36-34-32-30-28-26-24-23-25-27-29-31-33-35-37-40-43-46-49-52-56-60-64-68-72-76-80-91-85(90)79-75-71-67-63-59-53-16-14-12-10-8-6-4-2/h8,10,14,16,23,25,82-83,87-88H,3-7,9,11-13,15,17-22,24,26-81H2,1-2H3,(H,86,89)/b10-8-,16-14-,25-23-. The molecule has 6 heteroatoms. The van der Waals surface area contributed by atoms with Crippen LogP contribution in [0, 0.1) is 0 Å². The SMILES string of the molecule is CCC/C=C\C/C=C\CCCCCCCC(=O)OCCCCCCCCCCCCCCCCCC/C=C\CCCCCCCCCCCCCCCCCCCC(=O)NC(CO)C(O)CCCCCCCCCCCCCCCCCCCCCCCCCC. The van der Waals surface area contributed by atoms with Crippen molar-refractivity contribution in [1.82, 2.24) is 5.32 Å². The average Bonchev–Trinajstić information content (AvgIpc) is 3.68. The van der Waals surface area contributed by atoms with E-state index < -0.39 is 12.1 Å². The van der Waals surface area contributed by atoms with Crippen LogP contribution in [0.1, 0.15) is 470 Å². The van der Waals surface area contributed by atoms with Crippen LogP contribution in [-0.2, 0) is 14.3 Å². The molecule has 0 aliphatic heterocycles. The monoisotopic (exact) mass is 1280 g/mol. The van der Waals surface area contributed by atoms with Gasteiger partial charge >= 0.3 is 5.97 Å². The van der Waals surface area contributed by atoms with Crippen molar-refractivity contribution < 1.29 is 24.5 Å². The predicted molar refractivity (Wildman–Crippen MR) is 403 cm³/mol. The zero-order chi connectivity index (χ0) is 65.6. The van der Waals surface area contributed by atoms with Crippen LogP contribution in [0.4, 0.5) is 0 Å². The fourth-order valence-corrected chi connectivity index (χ4v) is 13.3. The van der Waals surface area contributed by atoms with E-state index in [1.807, 2.05) is 0 Å². The molecule has 0 aliphatic carbocycles. The lowest BCUT2D eigenvalue weighted by Gasteiger charge is -2.22. The van der Waals surface area contributed by atoms with Gasteiger partial charge in [-0.3, -0.25) is 9.59 Å². The molecule has 538 valence electrons. The molecule has 0 heterocycles. The van der Waals surface area contributed by atoms with Crippen molar-refractivity contribution in [3.63, 3.8) is 0 Å². The summed E-state index contributed by atoms with van der Waals surface area (Å²) in [6.07, 6.45) is 106. The van der Waals surface area contributed by atoms with Gasteiger partial charge in [0.25, 0.3) is 0 Å². The smallest absolute Gasteiger partial charge is 0.305 e. The molecule has 0 saturated heterocycles. The summed E-state index contributed by atoms with van der Waals surface area (Å²) in [5, 5.41) is 23.5. The lowest BCUT2D eigenvalue weighted by molar-refractivity contribution is -0.143. The minimum atomic E-state index is -0.663. The van der Waals surface area contributed by atoms with Crippen LogP contribution in [0.3, 0.4) is 0 Å². The number of ether oxygens (including phenoxy) is 1. The zero-order valence-electron chi connectivity index (χ0n) is 61.9. The molecule has 0 radical (unpaired) electrons. The number of hydrogen-bond donors (Lipinski definition) is 3. The largest absolute Gasteiger partial charge is 0.466 e. The fourth-order valence-electron chi connectivity index (χ4n) is 13.3. The maximum atomic E-state index is 12.6. The highest BCUT2D eigenvalue weighted by Gasteiger charge is 2.20. The Kier molecular flexibility index (Phi) is 78.8. The van der Waals surface area contributed by atoms with Crippen molar-refractivity contribution in [1.29, 1.82) is 0 Å². The number of esters is 1. The van der Waals surface area contributed by atoms with E-state index in [1.54, 1.807) is 0 Å². The van der Waals surface area contributed by atoms with E-state index >= 15 is 0 Å². The molecule has 0 aromatic heterocycles. The predicted octanol–water partition coefficient (Wildman–Crippen LogP) is 27.8. The lowest BCUT2D eigenvalue weighted by Crippen LogP contribution is -2.45. The molecular formula is C85H163NO5. The first-order valence-corrected chi connectivity index (χ1v) is 41.7. The van der Waals surface area contributed by atoms with Gasteiger partial charge < -0.3 is 20.3 Å². The van der Waals surface area contributed by atoms with Crippen molar-refractivity contribution in [3.05, 3.63) is 36.5 Å². The van der Waals surface area contributed by atoms with Crippen molar-refractivity contribution in [2.75, 3.05) is 13.2 Å². The topological polar surface area (TPSA) is 95.9 Å². The molecule has 2 unspecified atom stereocenters. The zero-order valence-corrected chi connectivity index (χ0v) is 61.9. The first-order valence-electron chi connectivity index (χ1n) is 41.7. The van der Waals surface area contributed by atoms with E-state index in [0.29, 0.717) is 25.9 Å². The third-order valence-electron chi connectivity index (χ3n) is 19.6. The summed E-state index contributed by atoms with van der Waals surface area (Å²) in [5.41, 5.74) is 0. The number of hydrogen-bond acceptors (Lipinski definition) is 5. The highest BCUT2D eigenvalue weighted by molar-refractivity contribution is 5.76. The molecule has 0 saturated carbocycles. The Morgan fingerprint density at radius 2 is 0.571 bits per heavy atom. The minimum Gasteiger partial charge on any atom is -0.466 e. The summed E-state index contributed by atoms with van der Waals surface area (Å²) >= 11 is 0. The molecule has 1 amide bonds. The van der Waals surface area contributed by atoms with Gasteiger partial charge in [0, 0.05) is 12.8 Å². The maximum Gasteiger partial charge on any atom is 0.305 e. The van der Waals surface area contributed by atoms with Crippen molar-refractivity contribution >= 4 is 11.9 Å². The van der Waals surface area contributed by atoms with Gasteiger partial charge in [0.2, 0.25) is 5.91 Å². The fraction of sp³-hybridized carbons (Fsp3) is 0.906. The highest BCUT2D eigenvalue weighted by atomic mass is 16.5. The average molecular weight is 1280 g/mol. The molecule has 0 aromatic carbocycles. The second-order valence-corrected chi connectivity index (χ2v) is 28.8. The van der Waals surface area contributed by atoms with Crippen molar-refractivity contribution in [3.8, 4) is 0 Å². The third kappa shape index (κ3) is 77.0. The molecule has 0 bridgehead atoms. The number of carbonyl (C=O) groups excluding carboxylic acids is 2. The Morgan fingerprint density at radius 1 is 0.308 bits per heavy atom. The Labute approximate surface area is 570 Å². The molecule has 2 atom stereocenters. The minimum absolute atomic E-state index is 0.00669. The van der Waals surface area contributed by atoms with Gasteiger partial charge in [0.1, 0.15) is 0 Å². The van der Waals surface area contributed by atoms with Crippen molar-refractivity contribution in [2.24, 2.45) is 0 Å². The molecule has 3 N–H and O–H groups in total. The van der Waals surface area contributed by atoms with Crippen molar-refractivity contribution in [2.45, 2.75) is 482 Å². The maximum absolute atomic E-state index is 12.6. The van der Waals surface area contributed by atoms with Crippen LogP contribution >= 0.6 is 0 Å². The summed E-state index contributed by atoms with van der Waals surface area (Å²) in [6.45, 7) is 4.94. The molecule has 0 aromatic rings. The summed E-state index contributed by atoms with van der Waals surface area (Å²) in [7, 11) is 0. The molecule has 0 aliphatic rings.